The minimum absolute atomic E-state index is 0.225. The third-order valence-corrected chi connectivity index (χ3v) is 2.21. The normalized spacial score (nSPS) is 10.0. The van der Waals surface area contributed by atoms with Gasteiger partial charge in [-0.3, -0.25) is 0 Å². The molecule has 0 saturated carbocycles. The number of esters is 1. The van der Waals surface area contributed by atoms with Gasteiger partial charge in [-0.2, -0.15) is 0 Å². The van der Waals surface area contributed by atoms with Crippen LogP contribution in [0.15, 0.2) is 24.3 Å². The van der Waals surface area contributed by atoms with E-state index in [1.807, 2.05) is 31.2 Å². The summed E-state index contributed by atoms with van der Waals surface area (Å²) in [4.78, 5) is 11.6. The molecule has 15 heavy (non-hydrogen) atoms. The van der Waals surface area contributed by atoms with E-state index in [9.17, 15) is 4.79 Å². The van der Waals surface area contributed by atoms with Gasteiger partial charge < -0.3 is 4.74 Å². The highest BCUT2D eigenvalue weighted by molar-refractivity contribution is 5.91. The Kier molecular flexibility index (Phi) is 4.88. The van der Waals surface area contributed by atoms with Crippen LogP contribution in [0, 0.1) is 6.92 Å². The lowest BCUT2D eigenvalue weighted by molar-refractivity contribution is 0.0525. The van der Waals surface area contributed by atoms with Crippen molar-refractivity contribution in [2.75, 3.05) is 6.61 Å². The lowest BCUT2D eigenvalue weighted by atomic mass is 10.0. The maximum absolute atomic E-state index is 11.6. The Labute approximate surface area is 91.3 Å². The van der Waals surface area contributed by atoms with Gasteiger partial charge in [-0.25, -0.2) is 4.79 Å². The molecule has 1 aromatic carbocycles. The number of benzene rings is 1. The highest BCUT2D eigenvalue weighted by Gasteiger charge is 2.10. The first-order valence-corrected chi connectivity index (χ1v) is 5.33. The van der Waals surface area contributed by atoms with Crippen molar-refractivity contribution in [1.29, 1.82) is 0 Å². The summed E-state index contributed by atoms with van der Waals surface area (Å²) in [6.45, 7) is 6.03. The van der Waals surface area contributed by atoms with Gasteiger partial charge in [0.25, 0.3) is 0 Å². The van der Waals surface area contributed by atoms with Gasteiger partial charge in [0, 0.05) is 0 Å². The van der Waals surface area contributed by atoms with Crippen molar-refractivity contribution in [2.45, 2.75) is 26.2 Å². The zero-order valence-electron chi connectivity index (χ0n) is 9.16. The smallest absolute Gasteiger partial charge is 0.338 e. The molecule has 0 N–H and O–H groups in total. The fourth-order valence-electron chi connectivity index (χ4n) is 1.46. The van der Waals surface area contributed by atoms with Gasteiger partial charge >= 0.3 is 5.97 Å². The van der Waals surface area contributed by atoms with E-state index >= 15 is 0 Å². The number of carbonyl (C=O) groups is 1. The average Bonchev–Trinajstić information content (AvgIpc) is 2.27. The van der Waals surface area contributed by atoms with Crippen LogP contribution in [0.5, 0.6) is 0 Å². The highest BCUT2D eigenvalue weighted by Crippen LogP contribution is 2.13. The van der Waals surface area contributed by atoms with E-state index in [0.29, 0.717) is 12.2 Å². The molecule has 0 aliphatic carbocycles. The van der Waals surface area contributed by atoms with E-state index in [1.165, 1.54) is 0 Å². The van der Waals surface area contributed by atoms with Crippen molar-refractivity contribution in [3.05, 3.63) is 42.3 Å². The third-order valence-electron chi connectivity index (χ3n) is 2.21. The van der Waals surface area contributed by atoms with Gasteiger partial charge in [-0.05, 0) is 31.4 Å². The van der Waals surface area contributed by atoms with Gasteiger partial charge in [-0.15, -0.1) is 0 Å². The predicted molar refractivity (Wildman–Crippen MR) is 60.7 cm³/mol. The van der Waals surface area contributed by atoms with Crippen molar-refractivity contribution in [1.82, 2.24) is 0 Å². The van der Waals surface area contributed by atoms with Crippen molar-refractivity contribution >= 4 is 5.97 Å². The SMILES string of the molecule is [CH2]CCCc1ccccc1C(=O)OCC. The van der Waals surface area contributed by atoms with Crippen LogP contribution in [0.25, 0.3) is 0 Å². The molecule has 2 heteroatoms. The highest BCUT2D eigenvalue weighted by atomic mass is 16.5. The zero-order chi connectivity index (χ0) is 11.1. The van der Waals surface area contributed by atoms with Crippen molar-refractivity contribution in [3.8, 4) is 0 Å². The second-order valence-electron chi connectivity index (χ2n) is 3.33. The molecule has 81 valence electrons. The molecule has 0 aromatic heterocycles. The largest absolute Gasteiger partial charge is 0.462 e. The molecule has 0 amide bonds. The fourth-order valence-corrected chi connectivity index (χ4v) is 1.46. The number of carbonyl (C=O) groups excluding carboxylic acids is 1. The Balaban J connectivity index is 2.80. The molecule has 0 spiro atoms. The number of aryl methyl sites for hydroxylation is 1. The van der Waals surface area contributed by atoms with E-state index in [0.717, 1.165) is 24.8 Å². The number of rotatable bonds is 5. The van der Waals surface area contributed by atoms with Crippen molar-refractivity contribution in [2.24, 2.45) is 0 Å². The Morgan fingerprint density at radius 3 is 2.80 bits per heavy atom. The lowest BCUT2D eigenvalue weighted by Gasteiger charge is -2.07. The van der Waals surface area contributed by atoms with Crippen LogP contribution < -0.4 is 0 Å². The predicted octanol–water partition coefficient (Wildman–Crippen LogP) is 3.02. The molecule has 1 radical (unpaired) electrons. The molecule has 0 heterocycles. The standard InChI is InChI=1S/C13H17O2/c1-3-5-8-11-9-6-7-10-12(11)13(14)15-4-2/h6-7,9-10H,1,3-5,8H2,2H3. The minimum atomic E-state index is -0.225. The molecular weight excluding hydrogens is 188 g/mol. The van der Waals surface area contributed by atoms with Gasteiger partial charge in [0.2, 0.25) is 0 Å². The molecule has 1 rings (SSSR count). The Bertz CT molecular complexity index is 318. The van der Waals surface area contributed by atoms with Crippen molar-refractivity contribution < 1.29 is 9.53 Å². The maximum atomic E-state index is 11.6. The molecule has 0 aliphatic heterocycles. The summed E-state index contributed by atoms with van der Waals surface area (Å²) >= 11 is 0. The van der Waals surface area contributed by atoms with Crippen LogP contribution in [-0.4, -0.2) is 12.6 Å². The first-order valence-electron chi connectivity index (χ1n) is 5.33. The quantitative estimate of drug-likeness (QED) is 0.691. The Morgan fingerprint density at radius 1 is 1.40 bits per heavy atom. The van der Waals surface area contributed by atoms with Crippen LogP contribution in [0.3, 0.4) is 0 Å². The third kappa shape index (κ3) is 3.39. The molecule has 0 unspecified atom stereocenters. The number of hydrogen-bond acceptors (Lipinski definition) is 2. The summed E-state index contributed by atoms with van der Waals surface area (Å²) < 4.78 is 4.99. The molecular formula is C13H17O2. The molecule has 0 bridgehead atoms. The number of unbranched alkanes of at least 4 members (excludes halogenated alkanes) is 1. The Morgan fingerprint density at radius 2 is 2.13 bits per heavy atom. The second-order valence-corrected chi connectivity index (χ2v) is 3.33. The van der Waals surface area contributed by atoms with E-state index in [-0.39, 0.29) is 5.97 Å². The number of hydrogen-bond donors (Lipinski definition) is 0. The van der Waals surface area contributed by atoms with Crippen LogP contribution in [0.2, 0.25) is 0 Å². The van der Waals surface area contributed by atoms with E-state index in [2.05, 4.69) is 6.92 Å². The first-order chi connectivity index (χ1) is 7.29. The summed E-state index contributed by atoms with van der Waals surface area (Å²) in [7, 11) is 0. The van der Waals surface area contributed by atoms with E-state index in [4.69, 9.17) is 4.74 Å². The average molecular weight is 205 g/mol. The van der Waals surface area contributed by atoms with Crippen LogP contribution >= 0.6 is 0 Å². The fraction of sp³-hybridized carbons (Fsp3) is 0.385. The van der Waals surface area contributed by atoms with Gasteiger partial charge in [-0.1, -0.05) is 31.5 Å². The second kappa shape index (κ2) is 6.23. The van der Waals surface area contributed by atoms with Crippen molar-refractivity contribution in [3.63, 3.8) is 0 Å². The molecule has 0 aliphatic rings. The van der Waals surface area contributed by atoms with Crippen LogP contribution in [0.1, 0.15) is 35.7 Å². The van der Waals surface area contributed by atoms with Gasteiger partial charge in [0.1, 0.15) is 0 Å². The first kappa shape index (κ1) is 11.8. The maximum Gasteiger partial charge on any atom is 0.338 e. The summed E-state index contributed by atoms with van der Waals surface area (Å²) in [5, 5.41) is 0. The van der Waals surface area contributed by atoms with Gasteiger partial charge in [0.05, 0.1) is 12.2 Å². The topological polar surface area (TPSA) is 26.3 Å². The molecule has 0 atom stereocenters. The van der Waals surface area contributed by atoms with E-state index in [1.54, 1.807) is 0 Å². The van der Waals surface area contributed by atoms with Crippen LogP contribution in [0.4, 0.5) is 0 Å². The van der Waals surface area contributed by atoms with Crippen LogP contribution in [-0.2, 0) is 11.2 Å². The summed E-state index contributed by atoms with van der Waals surface area (Å²) in [5.41, 5.74) is 1.74. The lowest BCUT2D eigenvalue weighted by Crippen LogP contribution is -2.07. The monoisotopic (exact) mass is 205 g/mol. The minimum Gasteiger partial charge on any atom is -0.462 e. The number of ether oxygens (including phenoxy) is 1. The Hall–Kier alpha value is -1.31. The zero-order valence-corrected chi connectivity index (χ0v) is 9.16. The summed E-state index contributed by atoms with van der Waals surface area (Å²) in [6.07, 6.45) is 2.77. The molecule has 1 aromatic rings. The molecule has 0 saturated heterocycles. The summed E-state index contributed by atoms with van der Waals surface area (Å²) in [5.74, 6) is -0.225. The van der Waals surface area contributed by atoms with E-state index < -0.39 is 0 Å². The summed E-state index contributed by atoms with van der Waals surface area (Å²) in [6, 6.07) is 7.60. The molecule has 2 nitrogen and oxygen atoms in total. The molecule has 0 fully saturated rings. The van der Waals surface area contributed by atoms with Gasteiger partial charge in [0.15, 0.2) is 0 Å².